The molecule has 0 aliphatic carbocycles. The van der Waals surface area contributed by atoms with E-state index in [-0.39, 0.29) is 17.2 Å². The van der Waals surface area contributed by atoms with Crippen molar-refractivity contribution in [1.82, 2.24) is 9.97 Å². The maximum atomic E-state index is 12.2. The van der Waals surface area contributed by atoms with Crippen molar-refractivity contribution in [1.29, 1.82) is 0 Å². The Labute approximate surface area is 159 Å². The normalized spacial score (nSPS) is 10.5. The summed E-state index contributed by atoms with van der Waals surface area (Å²) in [5.41, 5.74) is 2.76. The zero-order valence-electron chi connectivity index (χ0n) is 14.0. The van der Waals surface area contributed by atoms with Gasteiger partial charge in [0.05, 0.1) is 11.4 Å². The second kappa shape index (κ2) is 8.21. The average Bonchev–Trinajstić information content (AvgIpc) is 2.63. The number of carbonyl (C=O) groups is 1. The lowest BCUT2D eigenvalue weighted by molar-refractivity contribution is -0.113. The number of nitrogens with one attached hydrogen (secondary N) is 2. The predicted octanol–water partition coefficient (Wildman–Crippen LogP) is 4.13. The van der Waals surface area contributed by atoms with Gasteiger partial charge < -0.3 is 10.3 Å². The van der Waals surface area contributed by atoms with Gasteiger partial charge in [0.2, 0.25) is 5.91 Å². The number of anilines is 1. The maximum Gasteiger partial charge on any atom is 0.252 e. The Balaban J connectivity index is 1.68. The Kier molecular flexibility index (Phi) is 5.75. The fourth-order valence-electron chi connectivity index (χ4n) is 2.35. The number of aromatic amines is 1. The summed E-state index contributed by atoms with van der Waals surface area (Å²) in [7, 11) is 0. The molecule has 0 aliphatic heterocycles. The molecular formula is C19H16ClN3O2S. The Morgan fingerprint density at radius 1 is 1.19 bits per heavy atom. The van der Waals surface area contributed by atoms with Gasteiger partial charge in [0.15, 0.2) is 5.16 Å². The van der Waals surface area contributed by atoms with Gasteiger partial charge in [0.1, 0.15) is 0 Å². The Hall–Kier alpha value is -2.57. The Morgan fingerprint density at radius 2 is 1.96 bits per heavy atom. The molecule has 1 amide bonds. The van der Waals surface area contributed by atoms with Gasteiger partial charge in [-0.25, -0.2) is 4.98 Å². The zero-order valence-corrected chi connectivity index (χ0v) is 15.5. The number of aryl methyl sites for hydroxylation is 1. The van der Waals surface area contributed by atoms with Crippen molar-refractivity contribution < 1.29 is 4.79 Å². The molecule has 0 saturated heterocycles. The van der Waals surface area contributed by atoms with Crippen molar-refractivity contribution in [2.24, 2.45) is 0 Å². The highest BCUT2D eigenvalue weighted by atomic mass is 35.5. The fourth-order valence-corrected chi connectivity index (χ4v) is 3.25. The lowest BCUT2D eigenvalue weighted by Crippen LogP contribution is -2.16. The first-order valence-electron chi connectivity index (χ1n) is 7.87. The van der Waals surface area contributed by atoms with E-state index in [0.29, 0.717) is 21.6 Å². The van der Waals surface area contributed by atoms with Crippen molar-refractivity contribution in [3.05, 3.63) is 75.5 Å². The standard InChI is InChI=1S/C19H16ClN3O2S/c1-12-9-14(20)7-8-15(12)21-18(25)11-26-19-22-16(10-17(24)23-19)13-5-3-2-4-6-13/h2-10H,11H2,1H3,(H,21,25)(H,22,23,24). The van der Waals surface area contributed by atoms with Gasteiger partial charge in [-0.05, 0) is 30.7 Å². The van der Waals surface area contributed by atoms with Gasteiger partial charge in [-0.2, -0.15) is 0 Å². The largest absolute Gasteiger partial charge is 0.325 e. The molecule has 7 heteroatoms. The highest BCUT2D eigenvalue weighted by Gasteiger charge is 2.09. The summed E-state index contributed by atoms with van der Waals surface area (Å²) in [5.74, 6) is -0.0586. The molecular weight excluding hydrogens is 370 g/mol. The Morgan fingerprint density at radius 3 is 2.69 bits per heavy atom. The van der Waals surface area contributed by atoms with Crippen LogP contribution in [0.25, 0.3) is 11.3 Å². The number of hydrogen-bond acceptors (Lipinski definition) is 4. The number of H-pyrrole nitrogens is 1. The zero-order chi connectivity index (χ0) is 18.5. The number of aromatic nitrogens is 2. The third-order valence-corrected chi connectivity index (χ3v) is 4.70. The van der Waals surface area contributed by atoms with Crippen LogP contribution in [-0.4, -0.2) is 21.6 Å². The maximum absolute atomic E-state index is 12.2. The van der Waals surface area contributed by atoms with Crippen LogP contribution in [0.2, 0.25) is 5.02 Å². The molecule has 132 valence electrons. The van der Waals surface area contributed by atoms with Crippen LogP contribution >= 0.6 is 23.4 Å². The van der Waals surface area contributed by atoms with Crippen molar-refractivity contribution in [2.75, 3.05) is 11.1 Å². The number of nitrogens with zero attached hydrogens (tertiary/aromatic N) is 1. The molecule has 0 spiro atoms. The third kappa shape index (κ3) is 4.74. The SMILES string of the molecule is Cc1cc(Cl)ccc1NC(=O)CSc1nc(-c2ccccc2)cc(=O)[nH]1. The molecule has 0 fully saturated rings. The van der Waals surface area contributed by atoms with E-state index in [9.17, 15) is 9.59 Å². The van der Waals surface area contributed by atoms with Gasteiger partial charge in [0.25, 0.3) is 5.56 Å². The molecule has 0 aliphatic rings. The lowest BCUT2D eigenvalue weighted by atomic mass is 10.1. The third-order valence-electron chi connectivity index (χ3n) is 3.59. The molecule has 0 unspecified atom stereocenters. The minimum atomic E-state index is -0.254. The fraction of sp³-hybridized carbons (Fsp3) is 0.105. The van der Waals surface area contributed by atoms with E-state index >= 15 is 0 Å². The monoisotopic (exact) mass is 385 g/mol. The molecule has 2 N–H and O–H groups in total. The molecule has 26 heavy (non-hydrogen) atoms. The van der Waals surface area contributed by atoms with Crippen molar-refractivity contribution in [2.45, 2.75) is 12.1 Å². The summed E-state index contributed by atoms with van der Waals surface area (Å²) in [6, 6.07) is 16.1. The summed E-state index contributed by atoms with van der Waals surface area (Å²) in [6.45, 7) is 1.87. The van der Waals surface area contributed by atoms with E-state index in [0.717, 1.165) is 11.1 Å². The van der Waals surface area contributed by atoms with Crippen LogP contribution in [0.1, 0.15) is 5.56 Å². The minimum absolute atomic E-state index is 0.128. The topological polar surface area (TPSA) is 74.8 Å². The number of halogens is 1. The summed E-state index contributed by atoms with van der Waals surface area (Å²) >= 11 is 7.09. The molecule has 1 heterocycles. The van der Waals surface area contributed by atoms with Crippen molar-refractivity contribution in [3.63, 3.8) is 0 Å². The molecule has 3 rings (SSSR count). The number of hydrogen-bond donors (Lipinski definition) is 2. The average molecular weight is 386 g/mol. The number of thioether (sulfide) groups is 1. The smallest absolute Gasteiger partial charge is 0.252 e. The highest BCUT2D eigenvalue weighted by Crippen LogP contribution is 2.21. The van der Waals surface area contributed by atoms with Crippen LogP contribution in [0.5, 0.6) is 0 Å². The van der Waals surface area contributed by atoms with E-state index < -0.39 is 0 Å². The number of rotatable bonds is 5. The second-order valence-electron chi connectivity index (χ2n) is 5.60. The first kappa shape index (κ1) is 18.2. The van der Waals surface area contributed by atoms with Gasteiger partial charge in [-0.1, -0.05) is 53.7 Å². The predicted molar refractivity (Wildman–Crippen MR) is 106 cm³/mol. The van der Waals surface area contributed by atoms with Crippen molar-refractivity contribution >= 4 is 35.0 Å². The molecule has 1 aromatic heterocycles. The lowest BCUT2D eigenvalue weighted by Gasteiger charge is -2.08. The van der Waals surface area contributed by atoms with Gasteiger partial charge in [-0.15, -0.1) is 0 Å². The summed E-state index contributed by atoms with van der Waals surface area (Å²) in [4.78, 5) is 31.1. The quantitative estimate of drug-likeness (QED) is 0.511. The minimum Gasteiger partial charge on any atom is -0.325 e. The second-order valence-corrected chi connectivity index (χ2v) is 7.00. The molecule has 0 saturated carbocycles. The van der Waals surface area contributed by atoms with Crippen LogP contribution in [0.4, 0.5) is 5.69 Å². The molecule has 5 nitrogen and oxygen atoms in total. The molecule has 3 aromatic rings. The Bertz CT molecular complexity index is 990. The van der Waals surface area contributed by atoms with E-state index in [4.69, 9.17) is 11.6 Å². The van der Waals surface area contributed by atoms with Gasteiger partial charge >= 0.3 is 0 Å². The van der Waals surface area contributed by atoms with Crippen LogP contribution in [0, 0.1) is 6.92 Å². The molecule has 0 radical (unpaired) electrons. The van der Waals surface area contributed by atoms with Crippen LogP contribution in [-0.2, 0) is 4.79 Å². The van der Waals surface area contributed by atoms with Gasteiger partial charge in [0, 0.05) is 22.3 Å². The van der Waals surface area contributed by atoms with E-state index in [1.165, 1.54) is 17.8 Å². The number of amides is 1. The van der Waals surface area contributed by atoms with E-state index in [1.807, 2.05) is 37.3 Å². The molecule has 0 atom stereocenters. The van der Waals surface area contributed by atoms with Gasteiger partial charge in [-0.3, -0.25) is 9.59 Å². The first-order chi connectivity index (χ1) is 12.5. The molecule has 0 bridgehead atoms. The van der Waals surface area contributed by atoms with Crippen molar-refractivity contribution in [3.8, 4) is 11.3 Å². The summed E-state index contributed by atoms with van der Waals surface area (Å²) in [6.07, 6.45) is 0. The summed E-state index contributed by atoms with van der Waals surface area (Å²) in [5, 5.41) is 3.85. The number of carbonyl (C=O) groups excluding carboxylic acids is 1. The van der Waals surface area contributed by atoms with E-state index in [1.54, 1.807) is 18.2 Å². The van der Waals surface area contributed by atoms with Crippen LogP contribution < -0.4 is 10.9 Å². The van der Waals surface area contributed by atoms with E-state index in [2.05, 4.69) is 15.3 Å². The van der Waals surface area contributed by atoms with Crippen LogP contribution in [0.3, 0.4) is 0 Å². The van der Waals surface area contributed by atoms with Crippen LogP contribution in [0.15, 0.2) is 64.5 Å². The molecule has 2 aromatic carbocycles. The highest BCUT2D eigenvalue weighted by molar-refractivity contribution is 7.99. The first-order valence-corrected chi connectivity index (χ1v) is 9.23. The summed E-state index contributed by atoms with van der Waals surface area (Å²) < 4.78 is 0. The number of benzene rings is 2.